The molecule has 11 heteroatoms. The summed E-state index contributed by atoms with van der Waals surface area (Å²) in [6.07, 6.45) is 59.9. The number of rotatable bonds is 56. The molecule has 0 aromatic heterocycles. The molecule has 0 aromatic rings. The van der Waals surface area contributed by atoms with E-state index in [-0.39, 0.29) is 19.4 Å². The van der Waals surface area contributed by atoms with E-state index < -0.39 is 67.4 Å². The summed E-state index contributed by atoms with van der Waals surface area (Å²) in [5, 5.41) is 57.0. The fourth-order valence-electron chi connectivity index (χ4n) is 10.1. The number of amides is 1. The number of aliphatic hydroxyl groups is 5. The van der Waals surface area contributed by atoms with Gasteiger partial charge >= 0.3 is 5.97 Å². The molecule has 1 fully saturated rings. The van der Waals surface area contributed by atoms with Crippen molar-refractivity contribution < 1.29 is 49.3 Å². The lowest BCUT2D eigenvalue weighted by Gasteiger charge is -2.41. The minimum absolute atomic E-state index is 0.103. The first-order valence-corrected chi connectivity index (χ1v) is 33.1. The number of nitrogens with one attached hydrogen (secondary N) is 1. The minimum atomic E-state index is -1.62. The molecule has 0 aliphatic carbocycles. The Balaban J connectivity index is 2.56. The number of hydrogen-bond acceptors (Lipinski definition) is 10. The van der Waals surface area contributed by atoms with Crippen LogP contribution >= 0.6 is 0 Å². The predicted molar refractivity (Wildman–Crippen MR) is 329 cm³/mol. The van der Waals surface area contributed by atoms with Gasteiger partial charge in [-0.3, -0.25) is 9.59 Å². The smallest absolute Gasteiger partial charge is 0.306 e. The summed E-state index contributed by atoms with van der Waals surface area (Å²) >= 11 is 0. The average molecular weight is 1110 g/mol. The van der Waals surface area contributed by atoms with Crippen molar-refractivity contribution in [2.45, 2.75) is 346 Å². The molecule has 8 atom stereocenters. The van der Waals surface area contributed by atoms with E-state index in [0.717, 1.165) is 77.0 Å². The molecule has 1 amide bonds. The van der Waals surface area contributed by atoms with E-state index in [9.17, 15) is 35.1 Å². The van der Waals surface area contributed by atoms with Crippen LogP contribution in [0.1, 0.15) is 297 Å². The Bertz CT molecular complexity index is 1510. The fourth-order valence-corrected chi connectivity index (χ4v) is 10.1. The standard InChI is InChI=1S/C68H123NO10/c1-4-7-10-13-16-19-22-24-25-26-27-28-29-30-31-32-33-34-35-36-38-40-43-46-49-52-55-61(72)67(76)69-59(60(71)54-51-48-45-42-39-21-18-15-12-9-6-3)58-77-68-66(65(75)64(74)62(57-70)78-68)79-63(73)56-53-50-47-44-41-37-23-20-17-14-11-8-5-2/h16,19,24-25,27-28,37,41,51,54,59-62,64-66,68,70-72,74-75H,4-15,17-18,20-23,26,29-36,38-40,42-50,52-53,55-58H2,1-3H3,(H,69,76)/b19-16-,25-24-,28-27-,41-37-,54-51+. The van der Waals surface area contributed by atoms with Crippen LogP contribution in [0.2, 0.25) is 0 Å². The Morgan fingerprint density at radius 2 is 0.873 bits per heavy atom. The molecule has 460 valence electrons. The van der Waals surface area contributed by atoms with Crippen LogP contribution < -0.4 is 5.32 Å². The van der Waals surface area contributed by atoms with E-state index >= 15 is 0 Å². The molecule has 0 bridgehead atoms. The quantitative estimate of drug-likeness (QED) is 0.0195. The third kappa shape index (κ3) is 43.7. The zero-order valence-electron chi connectivity index (χ0n) is 51.0. The van der Waals surface area contributed by atoms with E-state index in [4.69, 9.17) is 14.2 Å². The second-order valence-corrected chi connectivity index (χ2v) is 22.8. The summed E-state index contributed by atoms with van der Waals surface area (Å²) < 4.78 is 17.6. The Hall–Kier alpha value is -2.64. The van der Waals surface area contributed by atoms with Crippen LogP contribution in [0.15, 0.2) is 60.8 Å². The Kier molecular flexibility index (Phi) is 52.6. The van der Waals surface area contributed by atoms with Crippen molar-refractivity contribution in [1.29, 1.82) is 0 Å². The predicted octanol–water partition coefficient (Wildman–Crippen LogP) is 16.2. The monoisotopic (exact) mass is 1110 g/mol. The molecule has 1 rings (SSSR count). The maximum atomic E-state index is 13.4. The first-order chi connectivity index (χ1) is 38.7. The van der Waals surface area contributed by atoms with Crippen molar-refractivity contribution >= 4 is 11.9 Å². The second kappa shape index (κ2) is 55.9. The number of hydrogen-bond donors (Lipinski definition) is 6. The first-order valence-electron chi connectivity index (χ1n) is 33.1. The highest BCUT2D eigenvalue weighted by Crippen LogP contribution is 2.26. The molecule has 8 unspecified atom stereocenters. The molecule has 0 saturated carbocycles. The maximum Gasteiger partial charge on any atom is 0.306 e. The van der Waals surface area contributed by atoms with Gasteiger partial charge in [0.1, 0.15) is 24.4 Å². The van der Waals surface area contributed by atoms with Crippen LogP contribution in [0.4, 0.5) is 0 Å². The van der Waals surface area contributed by atoms with Crippen LogP contribution in [0, 0.1) is 0 Å². The normalized spacial score (nSPS) is 19.2. The van der Waals surface area contributed by atoms with Gasteiger partial charge in [0, 0.05) is 6.42 Å². The summed E-state index contributed by atoms with van der Waals surface area (Å²) in [7, 11) is 0. The van der Waals surface area contributed by atoms with E-state index in [1.54, 1.807) is 6.08 Å². The molecule has 1 aliphatic rings. The highest BCUT2D eigenvalue weighted by molar-refractivity contribution is 5.80. The number of unbranched alkanes of at least 4 members (excludes halogenated alkanes) is 34. The minimum Gasteiger partial charge on any atom is -0.454 e. The fraction of sp³-hybridized carbons (Fsp3) is 0.824. The second-order valence-electron chi connectivity index (χ2n) is 22.8. The molecule has 0 aromatic carbocycles. The lowest BCUT2D eigenvalue weighted by Crippen LogP contribution is -2.61. The Morgan fingerprint density at radius 3 is 1.34 bits per heavy atom. The highest BCUT2D eigenvalue weighted by Gasteiger charge is 2.47. The third-order valence-electron chi connectivity index (χ3n) is 15.4. The van der Waals surface area contributed by atoms with Gasteiger partial charge in [0.2, 0.25) is 5.91 Å². The average Bonchev–Trinajstić information content (AvgIpc) is 3.44. The molecule has 0 spiro atoms. The number of ether oxygens (including phenoxy) is 3. The van der Waals surface area contributed by atoms with Crippen LogP contribution in [0.25, 0.3) is 0 Å². The zero-order valence-corrected chi connectivity index (χ0v) is 51.0. The molecular formula is C68H123NO10. The van der Waals surface area contributed by atoms with Crippen molar-refractivity contribution in [3.8, 4) is 0 Å². The molecular weight excluding hydrogens is 991 g/mol. The van der Waals surface area contributed by atoms with Gasteiger partial charge in [0.15, 0.2) is 12.4 Å². The van der Waals surface area contributed by atoms with E-state index in [1.807, 2.05) is 6.08 Å². The van der Waals surface area contributed by atoms with Gasteiger partial charge in [-0.15, -0.1) is 0 Å². The third-order valence-corrected chi connectivity index (χ3v) is 15.4. The molecule has 1 saturated heterocycles. The Labute approximate surface area is 484 Å². The topological polar surface area (TPSA) is 175 Å². The van der Waals surface area contributed by atoms with Crippen LogP contribution in [0.5, 0.6) is 0 Å². The van der Waals surface area contributed by atoms with Crippen molar-refractivity contribution in [3.63, 3.8) is 0 Å². The SMILES string of the molecule is CCCCC/C=C\C/C=C\C/C=C\CCCCCCCCCCCCCCCC(O)C(=O)NC(COC1OC(CO)C(O)C(O)C1OC(=O)CCCCC/C=C\CCCCCCCC)C(O)/C=C/CCCCCCCCCCC. The van der Waals surface area contributed by atoms with Gasteiger partial charge in [-0.2, -0.15) is 0 Å². The number of aliphatic hydroxyl groups excluding tert-OH is 5. The van der Waals surface area contributed by atoms with E-state index in [2.05, 4.69) is 74.7 Å². The van der Waals surface area contributed by atoms with Gasteiger partial charge in [-0.05, 0) is 89.9 Å². The first kappa shape index (κ1) is 74.4. The van der Waals surface area contributed by atoms with Crippen LogP contribution in [-0.4, -0.2) is 99.6 Å². The number of carbonyl (C=O) groups excluding carboxylic acids is 2. The van der Waals surface area contributed by atoms with Crippen molar-refractivity contribution in [1.82, 2.24) is 5.32 Å². The number of esters is 1. The molecule has 6 N–H and O–H groups in total. The number of carbonyl (C=O) groups is 2. The maximum absolute atomic E-state index is 13.4. The summed E-state index contributed by atoms with van der Waals surface area (Å²) in [5.41, 5.74) is 0. The molecule has 1 aliphatic heterocycles. The van der Waals surface area contributed by atoms with E-state index in [1.165, 1.54) is 173 Å². The van der Waals surface area contributed by atoms with Crippen LogP contribution in [-0.2, 0) is 23.8 Å². The van der Waals surface area contributed by atoms with E-state index in [0.29, 0.717) is 12.8 Å². The summed E-state index contributed by atoms with van der Waals surface area (Å²) in [6.45, 7) is 5.75. The van der Waals surface area contributed by atoms with Crippen LogP contribution in [0.3, 0.4) is 0 Å². The molecule has 1 heterocycles. The lowest BCUT2D eigenvalue weighted by atomic mass is 9.99. The summed E-state index contributed by atoms with van der Waals surface area (Å²) in [4.78, 5) is 26.5. The Morgan fingerprint density at radius 1 is 0.494 bits per heavy atom. The van der Waals surface area contributed by atoms with Gasteiger partial charge < -0.3 is 45.1 Å². The number of allylic oxidation sites excluding steroid dienone is 9. The van der Waals surface area contributed by atoms with Gasteiger partial charge in [0.25, 0.3) is 0 Å². The van der Waals surface area contributed by atoms with Gasteiger partial charge in [-0.25, -0.2) is 0 Å². The molecule has 0 radical (unpaired) electrons. The van der Waals surface area contributed by atoms with Crippen molar-refractivity contribution in [3.05, 3.63) is 60.8 Å². The lowest BCUT2D eigenvalue weighted by molar-refractivity contribution is -0.305. The molecule has 79 heavy (non-hydrogen) atoms. The highest BCUT2D eigenvalue weighted by atomic mass is 16.7. The van der Waals surface area contributed by atoms with Gasteiger partial charge in [-0.1, -0.05) is 261 Å². The summed E-state index contributed by atoms with van der Waals surface area (Å²) in [5.74, 6) is -1.21. The van der Waals surface area contributed by atoms with Crippen molar-refractivity contribution in [2.24, 2.45) is 0 Å². The van der Waals surface area contributed by atoms with Crippen molar-refractivity contribution in [2.75, 3.05) is 13.2 Å². The largest absolute Gasteiger partial charge is 0.454 e. The summed E-state index contributed by atoms with van der Waals surface area (Å²) in [6, 6.07) is -1.03. The molecule has 11 nitrogen and oxygen atoms in total. The van der Waals surface area contributed by atoms with Gasteiger partial charge in [0.05, 0.1) is 25.4 Å². The zero-order chi connectivity index (χ0) is 57.5.